The monoisotopic (exact) mass is 126 g/mol. The summed E-state index contributed by atoms with van der Waals surface area (Å²) in [6, 6.07) is 0. The van der Waals surface area contributed by atoms with Gasteiger partial charge in [-0.1, -0.05) is 13.8 Å². The molecule has 0 heterocycles. The predicted octanol–water partition coefficient (Wildman–Crippen LogP) is 1.56. The molecule has 3 aliphatic rings. The third-order valence-corrected chi connectivity index (χ3v) is 3.15. The first-order valence-electron chi connectivity index (χ1n) is 3.72. The van der Waals surface area contributed by atoms with Gasteiger partial charge < -0.3 is 5.11 Å². The molecular formula is C8H14O. The van der Waals surface area contributed by atoms with Crippen LogP contribution in [0.4, 0.5) is 0 Å². The van der Waals surface area contributed by atoms with E-state index in [4.69, 9.17) is 0 Å². The molecule has 0 aliphatic heterocycles. The van der Waals surface area contributed by atoms with Crippen LogP contribution in [0, 0.1) is 10.8 Å². The summed E-state index contributed by atoms with van der Waals surface area (Å²) in [4.78, 5) is 0. The maximum absolute atomic E-state index is 9.46. The normalized spacial score (nSPS) is 63.7. The van der Waals surface area contributed by atoms with E-state index in [1.54, 1.807) is 0 Å². The van der Waals surface area contributed by atoms with Crippen molar-refractivity contribution in [3.8, 4) is 0 Å². The molecular weight excluding hydrogens is 112 g/mol. The zero-order valence-electron chi connectivity index (χ0n) is 6.15. The Morgan fingerprint density at radius 2 is 1.89 bits per heavy atom. The fraction of sp³-hybridized carbons (Fsp3) is 1.00. The summed E-state index contributed by atoms with van der Waals surface area (Å²) in [6.07, 6.45) is 3.55. The van der Waals surface area contributed by atoms with Crippen molar-refractivity contribution in [2.24, 2.45) is 10.8 Å². The van der Waals surface area contributed by atoms with Gasteiger partial charge in [0, 0.05) is 0 Å². The van der Waals surface area contributed by atoms with Gasteiger partial charge in [0.1, 0.15) is 0 Å². The second-order valence-corrected chi connectivity index (χ2v) is 4.54. The highest BCUT2D eigenvalue weighted by atomic mass is 16.3. The molecule has 1 N–H and O–H groups in total. The highest BCUT2D eigenvalue weighted by molar-refractivity contribution is 5.10. The molecule has 2 bridgehead atoms. The Morgan fingerprint density at radius 1 is 1.33 bits per heavy atom. The van der Waals surface area contributed by atoms with E-state index < -0.39 is 0 Å². The Balaban J connectivity index is 2.24. The smallest absolute Gasteiger partial charge is 0.0599 e. The van der Waals surface area contributed by atoms with Crippen molar-refractivity contribution in [2.45, 2.75) is 39.2 Å². The van der Waals surface area contributed by atoms with E-state index in [2.05, 4.69) is 13.8 Å². The average molecular weight is 126 g/mol. The van der Waals surface area contributed by atoms with Crippen LogP contribution in [0.25, 0.3) is 0 Å². The molecule has 1 nitrogen and oxygen atoms in total. The summed E-state index contributed by atoms with van der Waals surface area (Å²) in [6.45, 7) is 4.48. The molecule has 0 amide bonds. The highest BCUT2D eigenvalue weighted by Gasteiger charge is 2.60. The summed E-state index contributed by atoms with van der Waals surface area (Å²) in [7, 11) is 0. The fourth-order valence-electron chi connectivity index (χ4n) is 2.99. The van der Waals surface area contributed by atoms with Crippen molar-refractivity contribution in [3.63, 3.8) is 0 Å². The number of hydrogen-bond acceptors (Lipinski definition) is 1. The van der Waals surface area contributed by atoms with Gasteiger partial charge >= 0.3 is 0 Å². The molecule has 3 rings (SSSR count). The van der Waals surface area contributed by atoms with Crippen LogP contribution in [0.1, 0.15) is 33.1 Å². The van der Waals surface area contributed by atoms with E-state index in [9.17, 15) is 5.11 Å². The van der Waals surface area contributed by atoms with Gasteiger partial charge in [-0.25, -0.2) is 0 Å². The van der Waals surface area contributed by atoms with E-state index >= 15 is 0 Å². The Hall–Kier alpha value is -0.0400. The molecule has 1 heteroatoms. The quantitative estimate of drug-likeness (QED) is 0.522. The van der Waals surface area contributed by atoms with Gasteiger partial charge in [0.05, 0.1) is 6.10 Å². The lowest BCUT2D eigenvalue weighted by atomic mass is 9.62. The van der Waals surface area contributed by atoms with E-state index in [1.807, 2.05) is 0 Å². The van der Waals surface area contributed by atoms with Crippen LogP contribution >= 0.6 is 0 Å². The average Bonchev–Trinajstić information content (AvgIpc) is 1.85. The Morgan fingerprint density at radius 3 is 2.00 bits per heavy atom. The van der Waals surface area contributed by atoms with Crippen LogP contribution in [-0.2, 0) is 0 Å². The zero-order chi connectivity index (χ0) is 6.70. The summed E-state index contributed by atoms with van der Waals surface area (Å²) in [5.41, 5.74) is 0.836. The number of rotatable bonds is 0. The molecule has 3 saturated carbocycles. The maximum Gasteiger partial charge on any atom is 0.0599 e. The summed E-state index contributed by atoms with van der Waals surface area (Å²) in [5, 5.41) is 9.46. The van der Waals surface area contributed by atoms with Crippen molar-refractivity contribution < 1.29 is 5.11 Å². The number of fused-ring (bicyclic) bond motifs is 1. The lowest BCUT2D eigenvalue weighted by Crippen LogP contribution is -2.36. The van der Waals surface area contributed by atoms with E-state index in [-0.39, 0.29) is 6.10 Å². The minimum Gasteiger partial charge on any atom is -0.393 e. The van der Waals surface area contributed by atoms with Crippen LogP contribution in [0.3, 0.4) is 0 Å². The SMILES string of the molecule is CC12CC(O)C(C)(C1)C2. The van der Waals surface area contributed by atoms with Gasteiger partial charge in [0.15, 0.2) is 0 Å². The van der Waals surface area contributed by atoms with Gasteiger partial charge in [-0.05, 0) is 30.1 Å². The summed E-state index contributed by atoms with van der Waals surface area (Å²) < 4.78 is 0. The molecule has 0 aromatic heterocycles. The van der Waals surface area contributed by atoms with Crippen LogP contribution in [0.5, 0.6) is 0 Å². The van der Waals surface area contributed by atoms with Crippen LogP contribution in [0.15, 0.2) is 0 Å². The maximum atomic E-state index is 9.46. The third kappa shape index (κ3) is 0.536. The lowest BCUT2D eigenvalue weighted by molar-refractivity contribution is 0.0170. The largest absolute Gasteiger partial charge is 0.393 e. The first-order chi connectivity index (χ1) is 4.04. The van der Waals surface area contributed by atoms with Gasteiger partial charge in [0.2, 0.25) is 0 Å². The fourth-order valence-corrected chi connectivity index (χ4v) is 2.99. The molecule has 3 fully saturated rings. The minimum atomic E-state index is 0.00231. The van der Waals surface area contributed by atoms with Crippen molar-refractivity contribution in [1.82, 2.24) is 0 Å². The minimum absolute atomic E-state index is 0.00231. The molecule has 0 spiro atoms. The van der Waals surface area contributed by atoms with Crippen LogP contribution < -0.4 is 0 Å². The Kier molecular flexibility index (Phi) is 0.760. The molecule has 0 radical (unpaired) electrons. The van der Waals surface area contributed by atoms with Crippen molar-refractivity contribution in [2.75, 3.05) is 0 Å². The second kappa shape index (κ2) is 1.20. The predicted molar refractivity (Wildman–Crippen MR) is 36.1 cm³/mol. The third-order valence-electron chi connectivity index (χ3n) is 3.15. The highest BCUT2D eigenvalue weighted by Crippen LogP contribution is 2.66. The molecule has 52 valence electrons. The molecule has 1 unspecified atom stereocenters. The van der Waals surface area contributed by atoms with Crippen LogP contribution in [0.2, 0.25) is 0 Å². The Bertz CT molecular complexity index is 139. The molecule has 0 aromatic carbocycles. The number of aliphatic hydroxyl groups excluding tert-OH is 1. The van der Waals surface area contributed by atoms with Gasteiger partial charge in [-0.15, -0.1) is 0 Å². The molecule has 3 aliphatic carbocycles. The van der Waals surface area contributed by atoms with Gasteiger partial charge in [-0.3, -0.25) is 0 Å². The molecule has 9 heavy (non-hydrogen) atoms. The number of hydrogen-bond donors (Lipinski definition) is 1. The van der Waals surface area contributed by atoms with Gasteiger partial charge in [0.25, 0.3) is 0 Å². The first kappa shape index (κ1) is 5.72. The first-order valence-corrected chi connectivity index (χ1v) is 3.72. The van der Waals surface area contributed by atoms with E-state index in [0.717, 1.165) is 6.42 Å². The van der Waals surface area contributed by atoms with E-state index in [1.165, 1.54) is 12.8 Å². The van der Waals surface area contributed by atoms with Crippen LogP contribution in [-0.4, -0.2) is 11.2 Å². The van der Waals surface area contributed by atoms with Crippen molar-refractivity contribution >= 4 is 0 Å². The van der Waals surface area contributed by atoms with E-state index in [0.29, 0.717) is 10.8 Å². The summed E-state index contributed by atoms with van der Waals surface area (Å²) >= 11 is 0. The molecule has 1 atom stereocenters. The van der Waals surface area contributed by atoms with Crippen molar-refractivity contribution in [3.05, 3.63) is 0 Å². The zero-order valence-corrected chi connectivity index (χ0v) is 6.15. The lowest BCUT2D eigenvalue weighted by Gasteiger charge is -2.43. The summed E-state index contributed by atoms with van der Waals surface area (Å²) in [5.74, 6) is 0. The number of aliphatic hydroxyl groups is 1. The second-order valence-electron chi connectivity index (χ2n) is 4.54. The molecule has 0 saturated heterocycles. The van der Waals surface area contributed by atoms with Crippen molar-refractivity contribution in [1.29, 1.82) is 0 Å². The molecule has 0 aromatic rings. The standard InChI is InChI=1S/C8H14O/c1-7-3-6(9)8(2,4-7)5-7/h6,9H,3-5H2,1-2H3. The van der Waals surface area contributed by atoms with Gasteiger partial charge in [-0.2, -0.15) is 0 Å². The topological polar surface area (TPSA) is 20.2 Å². The Labute approximate surface area is 56.1 Å².